The van der Waals surface area contributed by atoms with Gasteiger partial charge in [0.15, 0.2) is 0 Å². The zero-order valence-corrected chi connectivity index (χ0v) is 10.8. The fourth-order valence-electron chi connectivity index (χ4n) is 1.58. The van der Waals surface area contributed by atoms with E-state index >= 15 is 0 Å². The lowest BCUT2D eigenvalue weighted by molar-refractivity contribution is 0.0214. The zero-order chi connectivity index (χ0) is 12.0. The highest BCUT2D eigenvalue weighted by molar-refractivity contribution is 7.89. The van der Waals surface area contributed by atoms with Crippen molar-refractivity contribution in [3.05, 3.63) is 0 Å². The van der Waals surface area contributed by atoms with E-state index in [2.05, 4.69) is 4.89 Å². The van der Waals surface area contributed by atoms with E-state index in [9.17, 15) is 8.42 Å². The fraction of sp³-hybridized carbons (Fsp3) is 1.00. The first-order chi connectivity index (χ1) is 7.49. The third kappa shape index (κ3) is 5.79. The lowest BCUT2D eigenvalue weighted by Crippen LogP contribution is -2.32. The Balaban J connectivity index is 2.17. The molecule has 16 heavy (non-hydrogen) atoms. The number of ether oxygens (including phenoxy) is 1. The summed E-state index contributed by atoms with van der Waals surface area (Å²) in [6.45, 7) is 3.94. The summed E-state index contributed by atoms with van der Waals surface area (Å²) in [5.74, 6) is -0.0576. The van der Waals surface area contributed by atoms with E-state index in [-0.39, 0.29) is 24.6 Å². The van der Waals surface area contributed by atoms with Crippen LogP contribution in [-0.2, 0) is 19.6 Å². The van der Waals surface area contributed by atoms with Crippen molar-refractivity contribution in [2.75, 3.05) is 12.4 Å². The van der Waals surface area contributed by atoms with Gasteiger partial charge in [0.25, 0.3) is 0 Å². The van der Waals surface area contributed by atoms with Crippen molar-refractivity contribution in [1.29, 1.82) is 0 Å². The van der Waals surface area contributed by atoms with Crippen LogP contribution < -0.4 is 4.89 Å². The van der Waals surface area contributed by atoms with E-state index in [0.717, 1.165) is 25.7 Å². The monoisotopic (exact) mass is 251 g/mol. The van der Waals surface area contributed by atoms with E-state index in [1.165, 1.54) is 0 Å². The summed E-state index contributed by atoms with van der Waals surface area (Å²) in [4.78, 5) is 7.30. The van der Waals surface area contributed by atoms with Crippen LogP contribution in [0.25, 0.3) is 0 Å². The summed E-state index contributed by atoms with van der Waals surface area (Å²) in [6, 6.07) is 0. The number of hydrogen-bond acceptors (Lipinski definition) is 4. The first kappa shape index (κ1) is 13.9. The van der Waals surface area contributed by atoms with Gasteiger partial charge < -0.3 is 4.74 Å². The van der Waals surface area contributed by atoms with Gasteiger partial charge in [0.1, 0.15) is 0 Å². The molecule has 0 aliphatic heterocycles. The van der Waals surface area contributed by atoms with E-state index in [0.29, 0.717) is 0 Å². The Morgan fingerprint density at radius 2 is 1.94 bits per heavy atom. The van der Waals surface area contributed by atoms with Crippen LogP contribution in [0.15, 0.2) is 0 Å². The molecular weight excluding hydrogens is 230 g/mol. The van der Waals surface area contributed by atoms with E-state index in [1.807, 2.05) is 13.8 Å². The molecule has 0 spiro atoms. The van der Waals surface area contributed by atoms with Crippen molar-refractivity contribution in [3.8, 4) is 0 Å². The van der Waals surface area contributed by atoms with Crippen LogP contribution in [-0.4, -0.2) is 33.0 Å². The predicted octanol–water partition coefficient (Wildman–Crippen LogP) is 1.20. The standard InChI is InChI=1S/C10H21NO4S/c1-9(2)14-7-8-16(12,13)11-15-10-5-3-4-6-10/h9-11H,3-8H2,1-2H3. The Labute approximate surface area is 97.5 Å². The molecule has 0 amide bonds. The van der Waals surface area contributed by atoms with Gasteiger partial charge in [0.05, 0.1) is 24.6 Å². The normalized spacial score (nSPS) is 18.4. The molecule has 1 N–H and O–H groups in total. The second kappa shape index (κ2) is 6.54. The van der Waals surface area contributed by atoms with Gasteiger partial charge in [-0.1, -0.05) is 17.7 Å². The smallest absolute Gasteiger partial charge is 0.235 e. The lowest BCUT2D eigenvalue weighted by atomic mass is 10.3. The molecular formula is C10H21NO4S. The van der Waals surface area contributed by atoms with Crippen LogP contribution in [0, 0.1) is 0 Å². The van der Waals surface area contributed by atoms with Crippen LogP contribution in [0.3, 0.4) is 0 Å². The molecule has 0 aromatic heterocycles. The van der Waals surface area contributed by atoms with Gasteiger partial charge in [-0.05, 0) is 26.7 Å². The van der Waals surface area contributed by atoms with Crippen LogP contribution in [0.2, 0.25) is 0 Å². The highest BCUT2D eigenvalue weighted by Gasteiger charge is 2.19. The third-order valence-corrected chi connectivity index (χ3v) is 3.50. The summed E-state index contributed by atoms with van der Waals surface area (Å²) in [7, 11) is -3.36. The van der Waals surface area contributed by atoms with Gasteiger partial charge in [-0.25, -0.2) is 8.42 Å². The van der Waals surface area contributed by atoms with Crippen molar-refractivity contribution in [1.82, 2.24) is 4.89 Å². The molecule has 1 aliphatic carbocycles. The second-order valence-corrected chi connectivity index (χ2v) is 6.15. The van der Waals surface area contributed by atoms with Crippen LogP contribution in [0.4, 0.5) is 0 Å². The first-order valence-corrected chi connectivity index (χ1v) is 7.41. The summed E-state index contributed by atoms with van der Waals surface area (Å²) in [5.41, 5.74) is 0. The molecule has 0 unspecified atom stereocenters. The van der Waals surface area contributed by atoms with Crippen LogP contribution >= 0.6 is 0 Å². The van der Waals surface area contributed by atoms with Gasteiger partial charge in [0.2, 0.25) is 10.0 Å². The molecule has 1 fully saturated rings. The van der Waals surface area contributed by atoms with Crippen molar-refractivity contribution in [2.24, 2.45) is 0 Å². The Morgan fingerprint density at radius 1 is 1.31 bits per heavy atom. The van der Waals surface area contributed by atoms with Gasteiger partial charge in [-0.15, -0.1) is 0 Å². The van der Waals surface area contributed by atoms with Gasteiger partial charge >= 0.3 is 0 Å². The van der Waals surface area contributed by atoms with E-state index < -0.39 is 10.0 Å². The number of hydrogen-bond donors (Lipinski definition) is 1. The lowest BCUT2D eigenvalue weighted by Gasteiger charge is -2.12. The van der Waals surface area contributed by atoms with Gasteiger partial charge in [-0.2, -0.15) is 0 Å². The maximum Gasteiger partial charge on any atom is 0.235 e. The molecule has 0 atom stereocenters. The first-order valence-electron chi connectivity index (χ1n) is 5.76. The number of rotatable bonds is 7. The summed E-state index contributed by atoms with van der Waals surface area (Å²) < 4.78 is 28.1. The molecule has 96 valence electrons. The molecule has 5 nitrogen and oxygen atoms in total. The zero-order valence-electron chi connectivity index (χ0n) is 9.94. The Morgan fingerprint density at radius 3 is 2.50 bits per heavy atom. The average Bonchev–Trinajstić information content (AvgIpc) is 2.66. The van der Waals surface area contributed by atoms with Crippen molar-refractivity contribution in [3.63, 3.8) is 0 Å². The molecule has 1 aliphatic rings. The molecule has 6 heteroatoms. The van der Waals surface area contributed by atoms with E-state index in [1.54, 1.807) is 0 Å². The Kier molecular flexibility index (Phi) is 5.68. The van der Waals surface area contributed by atoms with Crippen molar-refractivity contribution in [2.45, 2.75) is 51.7 Å². The Hall–Kier alpha value is -0.170. The molecule has 0 heterocycles. The van der Waals surface area contributed by atoms with Gasteiger partial charge in [-0.3, -0.25) is 4.84 Å². The molecule has 0 aromatic rings. The topological polar surface area (TPSA) is 64.6 Å². The summed E-state index contributed by atoms with van der Waals surface area (Å²) in [6.07, 6.45) is 4.19. The highest BCUT2D eigenvalue weighted by Crippen LogP contribution is 2.20. The summed E-state index contributed by atoms with van der Waals surface area (Å²) >= 11 is 0. The molecule has 0 bridgehead atoms. The molecule has 0 aromatic carbocycles. The minimum atomic E-state index is -3.36. The maximum atomic E-state index is 11.5. The highest BCUT2D eigenvalue weighted by atomic mass is 32.2. The minimum absolute atomic E-state index is 0.0424. The number of sulfonamides is 1. The number of nitrogens with one attached hydrogen (secondary N) is 1. The minimum Gasteiger partial charge on any atom is -0.378 e. The predicted molar refractivity (Wildman–Crippen MR) is 61.4 cm³/mol. The molecule has 1 rings (SSSR count). The van der Waals surface area contributed by atoms with E-state index in [4.69, 9.17) is 9.57 Å². The third-order valence-electron chi connectivity index (χ3n) is 2.45. The summed E-state index contributed by atoms with van der Waals surface area (Å²) in [5, 5.41) is 0. The quantitative estimate of drug-likeness (QED) is 0.691. The maximum absolute atomic E-state index is 11.5. The van der Waals surface area contributed by atoms with Crippen LogP contribution in [0.5, 0.6) is 0 Å². The van der Waals surface area contributed by atoms with Crippen molar-refractivity contribution >= 4 is 10.0 Å². The van der Waals surface area contributed by atoms with Crippen molar-refractivity contribution < 1.29 is 18.0 Å². The van der Waals surface area contributed by atoms with Crippen LogP contribution in [0.1, 0.15) is 39.5 Å². The molecule has 0 saturated heterocycles. The molecule has 1 saturated carbocycles. The fourth-order valence-corrected chi connectivity index (χ4v) is 2.26. The average molecular weight is 251 g/mol. The molecule has 0 radical (unpaired) electrons. The largest absolute Gasteiger partial charge is 0.378 e. The SMILES string of the molecule is CC(C)OCCS(=O)(=O)NOC1CCCC1. The Bertz CT molecular complexity index is 283. The second-order valence-electron chi connectivity index (χ2n) is 4.35. The van der Waals surface area contributed by atoms with Gasteiger partial charge in [0, 0.05) is 0 Å².